The molecule has 156 valence electrons. The number of ether oxygens (including phenoxy) is 1. The van der Waals surface area contributed by atoms with E-state index in [4.69, 9.17) is 4.74 Å². The minimum Gasteiger partial charge on any atom is -0.482 e. The standard InChI is InChI=1S/C23H25N3O4/c1-25(2)18-5-3-4-17(12-18)23(29)26-10-8-15(9-11-26)22(28)16-6-7-20-19(13-16)24-21(27)14-30-20/h3-7,12-13,15H,8-11,14H2,1-2H3,(H,24,27). The number of nitrogens with zero attached hydrogens (tertiary/aromatic N) is 2. The van der Waals surface area contributed by atoms with Crippen LogP contribution < -0.4 is 15.0 Å². The number of Topliss-reactive ketones (excluding diaryl/α,β-unsaturated/α-hetero) is 1. The summed E-state index contributed by atoms with van der Waals surface area (Å²) in [5.41, 5.74) is 2.74. The summed E-state index contributed by atoms with van der Waals surface area (Å²) in [4.78, 5) is 41.2. The number of carbonyl (C=O) groups is 3. The number of carbonyl (C=O) groups excluding carboxylic acids is 3. The highest BCUT2D eigenvalue weighted by Gasteiger charge is 2.29. The number of hydrogen-bond acceptors (Lipinski definition) is 5. The van der Waals surface area contributed by atoms with Gasteiger partial charge >= 0.3 is 0 Å². The van der Waals surface area contributed by atoms with Gasteiger partial charge in [0.25, 0.3) is 11.8 Å². The number of benzene rings is 2. The molecule has 4 rings (SSSR count). The molecular weight excluding hydrogens is 382 g/mol. The molecule has 0 saturated carbocycles. The van der Waals surface area contributed by atoms with Gasteiger partial charge in [-0.05, 0) is 49.2 Å². The number of fused-ring (bicyclic) bond motifs is 1. The van der Waals surface area contributed by atoms with Crippen LogP contribution in [0, 0.1) is 5.92 Å². The van der Waals surface area contributed by atoms with Crippen molar-refractivity contribution in [3.8, 4) is 5.75 Å². The Balaban J connectivity index is 1.40. The van der Waals surface area contributed by atoms with E-state index in [0.717, 1.165) is 5.69 Å². The minimum atomic E-state index is -0.225. The van der Waals surface area contributed by atoms with E-state index in [1.807, 2.05) is 48.2 Å². The smallest absolute Gasteiger partial charge is 0.262 e. The predicted octanol–water partition coefficient (Wildman–Crippen LogP) is 2.82. The summed E-state index contributed by atoms with van der Waals surface area (Å²) in [6.45, 7) is 1.09. The lowest BCUT2D eigenvalue weighted by molar-refractivity contribution is -0.118. The van der Waals surface area contributed by atoms with Gasteiger partial charge in [0.2, 0.25) is 0 Å². The van der Waals surface area contributed by atoms with Crippen LogP contribution >= 0.6 is 0 Å². The summed E-state index contributed by atoms with van der Waals surface area (Å²) in [6, 6.07) is 12.7. The number of nitrogens with one attached hydrogen (secondary N) is 1. The van der Waals surface area contributed by atoms with Gasteiger partial charge in [-0.2, -0.15) is 0 Å². The van der Waals surface area contributed by atoms with Gasteiger partial charge in [-0.1, -0.05) is 6.07 Å². The maximum Gasteiger partial charge on any atom is 0.262 e. The van der Waals surface area contributed by atoms with Crippen molar-refractivity contribution in [1.82, 2.24) is 4.90 Å². The fourth-order valence-corrected chi connectivity index (χ4v) is 3.92. The molecule has 0 unspecified atom stereocenters. The molecule has 1 fully saturated rings. The molecule has 0 aliphatic carbocycles. The summed E-state index contributed by atoms with van der Waals surface area (Å²) in [5.74, 6) is 0.252. The lowest BCUT2D eigenvalue weighted by Crippen LogP contribution is -2.40. The van der Waals surface area contributed by atoms with Crippen molar-refractivity contribution in [1.29, 1.82) is 0 Å². The zero-order valence-electron chi connectivity index (χ0n) is 17.2. The van der Waals surface area contributed by atoms with Crippen molar-refractivity contribution in [3.05, 3.63) is 53.6 Å². The van der Waals surface area contributed by atoms with Crippen molar-refractivity contribution >= 4 is 29.0 Å². The molecule has 0 radical (unpaired) electrons. The lowest BCUT2D eigenvalue weighted by Gasteiger charge is -2.31. The molecule has 1 N–H and O–H groups in total. The highest BCUT2D eigenvalue weighted by Crippen LogP contribution is 2.31. The molecule has 0 aromatic heterocycles. The van der Waals surface area contributed by atoms with Gasteiger partial charge in [0.15, 0.2) is 12.4 Å². The molecule has 7 nitrogen and oxygen atoms in total. The SMILES string of the molecule is CN(C)c1cccc(C(=O)N2CCC(C(=O)c3ccc4c(c3)NC(=O)CO4)CC2)c1. The molecule has 2 amide bonds. The Morgan fingerprint density at radius 1 is 1.07 bits per heavy atom. The molecule has 7 heteroatoms. The van der Waals surface area contributed by atoms with Gasteiger partial charge < -0.3 is 19.9 Å². The van der Waals surface area contributed by atoms with Crippen LogP contribution in [0.2, 0.25) is 0 Å². The van der Waals surface area contributed by atoms with Crippen LogP contribution in [0.4, 0.5) is 11.4 Å². The molecule has 0 spiro atoms. The van der Waals surface area contributed by atoms with E-state index in [0.29, 0.717) is 48.5 Å². The molecule has 1 saturated heterocycles. The van der Waals surface area contributed by atoms with Gasteiger partial charge in [-0.15, -0.1) is 0 Å². The number of piperidine rings is 1. The van der Waals surface area contributed by atoms with Crippen LogP contribution in [0.3, 0.4) is 0 Å². The first-order valence-electron chi connectivity index (χ1n) is 10.1. The second-order valence-electron chi connectivity index (χ2n) is 7.92. The Bertz CT molecular complexity index is 994. The average Bonchev–Trinajstić information content (AvgIpc) is 2.77. The minimum absolute atomic E-state index is 0.00163. The molecule has 2 aliphatic heterocycles. The van der Waals surface area contributed by atoms with Crippen LogP contribution in [-0.2, 0) is 4.79 Å². The van der Waals surface area contributed by atoms with E-state index in [1.165, 1.54) is 0 Å². The van der Waals surface area contributed by atoms with Crippen molar-refractivity contribution < 1.29 is 19.1 Å². The number of ketones is 1. The number of rotatable bonds is 4. The zero-order valence-corrected chi connectivity index (χ0v) is 17.2. The largest absolute Gasteiger partial charge is 0.482 e. The van der Waals surface area contributed by atoms with E-state index in [2.05, 4.69) is 5.32 Å². The number of likely N-dealkylation sites (tertiary alicyclic amines) is 1. The third-order valence-corrected chi connectivity index (χ3v) is 5.66. The Hall–Kier alpha value is -3.35. The third-order valence-electron chi connectivity index (χ3n) is 5.66. The monoisotopic (exact) mass is 407 g/mol. The van der Waals surface area contributed by atoms with E-state index < -0.39 is 0 Å². The topological polar surface area (TPSA) is 79.0 Å². The molecule has 2 heterocycles. The Morgan fingerprint density at radius 3 is 2.57 bits per heavy atom. The maximum absolute atomic E-state index is 13.0. The van der Waals surface area contributed by atoms with Crippen LogP contribution in [0.1, 0.15) is 33.6 Å². The molecule has 0 bridgehead atoms. The predicted molar refractivity (Wildman–Crippen MR) is 114 cm³/mol. The molecule has 2 aromatic carbocycles. The van der Waals surface area contributed by atoms with Crippen LogP contribution in [-0.4, -0.2) is 56.3 Å². The van der Waals surface area contributed by atoms with Crippen LogP contribution in [0.15, 0.2) is 42.5 Å². The molecule has 2 aliphatic rings. The van der Waals surface area contributed by atoms with Crippen molar-refractivity contribution in [2.45, 2.75) is 12.8 Å². The summed E-state index contributed by atoms with van der Waals surface area (Å²) >= 11 is 0. The van der Waals surface area contributed by atoms with Crippen LogP contribution in [0.5, 0.6) is 5.75 Å². The fraction of sp³-hybridized carbons (Fsp3) is 0.348. The number of hydrogen-bond donors (Lipinski definition) is 1. The van der Waals surface area contributed by atoms with Gasteiger partial charge in [-0.25, -0.2) is 0 Å². The van der Waals surface area contributed by atoms with Gasteiger partial charge in [0.05, 0.1) is 5.69 Å². The van der Waals surface area contributed by atoms with Crippen molar-refractivity contribution in [2.24, 2.45) is 5.92 Å². The number of anilines is 2. The molecule has 2 aromatic rings. The quantitative estimate of drug-likeness (QED) is 0.789. The highest BCUT2D eigenvalue weighted by molar-refractivity contribution is 6.02. The van der Waals surface area contributed by atoms with E-state index in [1.54, 1.807) is 18.2 Å². The molecular formula is C23H25N3O4. The van der Waals surface area contributed by atoms with Gasteiger partial charge in [0.1, 0.15) is 5.75 Å². The van der Waals surface area contributed by atoms with Gasteiger partial charge in [-0.3, -0.25) is 14.4 Å². The van der Waals surface area contributed by atoms with E-state index in [-0.39, 0.29) is 30.1 Å². The Labute approximate surface area is 175 Å². The van der Waals surface area contributed by atoms with Crippen molar-refractivity contribution in [2.75, 3.05) is 44.0 Å². The summed E-state index contributed by atoms with van der Waals surface area (Å²) in [6.07, 6.45) is 1.25. The average molecular weight is 407 g/mol. The second kappa shape index (κ2) is 8.18. The summed E-state index contributed by atoms with van der Waals surface area (Å²) in [5, 5.41) is 2.74. The van der Waals surface area contributed by atoms with Gasteiger partial charge in [0, 0.05) is 49.9 Å². The van der Waals surface area contributed by atoms with Crippen LogP contribution in [0.25, 0.3) is 0 Å². The first-order valence-corrected chi connectivity index (χ1v) is 10.1. The summed E-state index contributed by atoms with van der Waals surface area (Å²) < 4.78 is 5.35. The Morgan fingerprint density at radius 2 is 1.83 bits per heavy atom. The molecule has 30 heavy (non-hydrogen) atoms. The fourth-order valence-electron chi connectivity index (χ4n) is 3.92. The Kier molecular flexibility index (Phi) is 5.44. The zero-order chi connectivity index (χ0) is 21.3. The van der Waals surface area contributed by atoms with Crippen molar-refractivity contribution in [3.63, 3.8) is 0 Å². The van der Waals surface area contributed by atoms with E-state index in [9.17, 15) is 14.4 Å². The molecule has 0 atom stereocenters. The second-order valence-corrected chi connectivity index (χ2v) is 7.92. The first-order chi connectivity index (χ1) is 14.4. The highest BCUT2D eigenvalue weighted by atomic mass is 16.5. The third kappa shape index (κ3) is 4.01. The first kappa shape index (κ1) is 19.9. The maximum atomic E-state index is 13.0. The lowest BCUT2D eigenvalue weighted by atomic mass is 9.88. The number of amides is 2. The summed E-state index contributed by atoms with van der Waals surface area (Å²) in [7, 11) is 3.89. The normalized spacial score (nSPS) is 16.3. The van der Waals surface area contributed by atoms with E-state index >= 15 is 0 Å².